The molecule has 0 unspecified atom stereocenters. The van der Waals surface area contributed by atoms with Crippen molar-refractivity contribution < 1.29 is 13.2 Å². The minimum Gasteiger partial charge on any atom is -0.369 e. The Morgan fingerprint density at radius 2 is 1.81 bits per heavy atom. The number of rotatable bonds is 5. The van der Waals surface area contributed by atoms with E-state index in [2.05, 4.69) is 12.2 Å². The standard InChI is InChI=1S/C13H26N4O3S/c1-11-4-8-16(9-5-11)21(19,20)17(10-13(14)18)12-2-6-15-7-3-12/h11-12,15H,2-10H2,1H3,(H2,14,18). The van der Waals surface area contributed by atoms with Crippen LogP contribution in [0.15, 0.2) is 0 Å². The predicted octanol–water partition coefficient (Wildman–Crippen LogP) is -0.498. The molecule has 1 amide bonds. The fourth-order valence-electron chi connectivity index (χ4n) is 3.01. The number of hydrogen-bond acceptors (Lipinski definition) is 4. The predicted molar refractivity (Wildman–Crippen MR) is 80.7 cm³/mol. The molecule has 0 radical (unpaired) electrons. The molecule has 0 atom stereocenters. The van der Waals surface area contributed by atoms with Crippen molar-refractivity contribution in [2.24, 2.45) is 11.7 Å². The van der Waals surface area contributed by atoms with Crippen molar-refractivity contribution in [3.8, 4) is 0 Å². The molecule has 0 aromatic rings. The Labute approximate surface area is 127 Å². The Balaban J connectivity index is 2.15. The van der Waals surface area contributed by atoms with E-state index in [-0.39, 0.29) is 12.6 Å². The lowest BCUT2D eigenvalue weighted by Gasteiger charge is -2.38. The number of piperidine rings is 2. The molecule has 2 aliphatic rings. The van der Waals surface area contributed by atoms with E-state index in [4.69, 9.17) is 5.73 Å². The minimum absolute atomic E-state index is 0.136. The highest BCUT2D eigenvalue weighted by Crippen LogP contribution is 2.24. The minimum atomic E-state index is -3.60. The molecule has 0 spiro atoms. The van der Waals surface area contributed by atoms with E-state index in [0.717, 1.165) is 38.8 Å². The Kier molecular flexibility index (Phi) is 5.59. The van der Waals surface area contributed by atoms with E-state index < -0.39 is 16.1 Å². The number of carbonyl (C=O) groups is 1. The van der Waals surface area contributed by atoms with Crippen molar-refractivity contribution in [2.45, 2.75) is 38.6 Å². The van der Waals surface area contributed by atoms with Crippen molar-refractivity contribution in [2.75, 3.05) is 32.7 Å². The summed E-state index contributed by atoms with van der Waals surface area (Å²) in [5.41, 5.74) is 5.27. The van der Waals surface area contributed by atoms with Gasteiger partial charge in [-0.2, -0.15) is 17.0 Å². The van der Waals surface area contributed by atoms with Gasteiger partial charge in [0.25, 0.3) is 10.2 Å². The second kappa shape index (κ2) is 7.04. The average Bonchev–Trinajstić information content (AvgIpc) is 2.46. The van der Waals surface area contributed by atoms with Gasteiger partial charge in [-0.25, -0.2) is 0 Å². The molecule has 0 aliphatic carbocycles. The molecule has 2 fully saturated rings. The lowest BCUT2D eigenvalue weighted by molar-refractivity contribution is -0.118. The molecule has 7 nitrogen and oxygen atoms in total. The van der Waals surface area contributed by atoms with Gasteiger partial charge in [0.2, 0.25) is 5.91 Å². The van der Waals surface area contributed by atoms with Crippen LogP contribution in [-0.4, -0.2) is 61.7 Å². The Bertz CT molecular complexity index is 454. The summed E-state index contributed by atoms with van der Waals surface area (Å²) in [7, 11) is -3.60. The number of nitrogens with zero attached hydrogens (tertiary/aromatic N) is 2. The summed E-state index contributed by atoms with van der Waals surface area (Å²) in [6.45, 7) is 4.52. The van der Waals surface area contributed by atoms with Crippen molar-refractivity contribution in [1.29, 1.82) is 0 Å². The van der Waals surface area contributed by atoms with E-state index in [0.29, 0.717) is 19.0 Å². The van der Waals surface area contributed by atoms with Crippen LogP contribution >= 0.6 is 0 Å². The molecule has 0 aromatic carbocycles. The maximum absolute atomic E-state index is 12.9. The van der Waals surface area contributed by atoms with Crippen molar-refractivity contribution in [3.63, 3.8) is 0 Å². The second-order valence-electron chi connectivity index (χ2n) is 6.08. The number of hydrogen-bond donors (Lipinski definition) is 2. The zero-order valence-corrected chi connectivity index (χ0v) is 13.4. The van der Waals surface area contributed by atoms with Gasteiger partial charge in [0.15, 0.2) is 0 Å². The van der Waals surface area contributed by atoms with Crippen LogP contribution < -0.4 is 11.1 Å². The highest BCUT2D eigenvalue weighted by atomic mass is 32.2. The van der Waals surface area contributed by atoms with Crippen LogP contribution in [0.2, 0.25) is 0 Å². The van der Waals surface area contributed by atoms with E-state index >= 15 is 0 Å². The lowest BCUT2D eigenvalue weighted by Crippen LogP contribution is -2.55. The highest BCUT2D eigenvalue weighted by Gasteiger charge is 2.37. The van der Waals surface area contributed by atoms with Gasteiger partial charge in [-0.15, -0.1) is 0 Å². The topological polar surface area (TPSA) is 95.7 Å². The molecule has 8 heteroatoms. The van der Waals surface area contributed by atoms with Crippen molar-refractivity contribution >= 4 is 16.1 Å². The lowest BCUT2D eigenvalue weighted by atomic mass is 10.0. The fourth-order valence-corrected chi connectivity index (χ4v) is 4.86. The van der Waals surface area contributed by atoms with Gasteiger partial charge in [0.05, 0.1) is 6.54 Å². The zero-order valence-electron chi connectivity index (χ0n) is 12.6. The molecule has 3 N–H and O–H groups in total. The molecular weight excluding hydrogens is 292 g/mol. The van der Waals surface area contributed by atoms with Crippen LogP contribution in [0.5, 0.6) is 0 Å². The third-order valence-electron chi connectivity index (χ3n) is 4.39. The summed E-state index contributed by atoms with van der Waals surface area (Å²) in [6.07, 6.45) is 3.18. The first-order valence-electron chi connectivity index (χ1n) is 7.67. The molecule has 2 saturated heterocycles. The summed E-state index contributed by atoms with van der Waals surface area (Å²) in [5.74, 6) is -0.0394. The summed E-state index contributed by atoms with van der Waals surface area (Å²) in [6, 6.07) is -0.136. The van der Waals surface area contributed by atoms with Crippen LogP contribution in [0.25, 0.3) is 0 Å². The highest BCUT2D eigenvalue weighted by molar-refractivity contribution is 7.86. The first-order chi connectivity index (χ1) is 9.91. The second-order valence-corrected chi connectivity index (χ2v) is 7.96. The fraction of sp³-hybridized carbons (Fsp3) is 0.923. The van der Waals surface area contributed by atoms with Gasteiger partial charge >= 0.3 is 0 Å². The van der Waals surface area contributed by atoms with E-state index in [1.165, 1.54) is 8.61 Å². The maximum Gasteiger partial charge on any atom is 0.282 e. The summed E-state index contributed by atoms with van der Waals surface area (Å²) >= 11 is 0. The third-order valence-corrected chi connectivity index (χ3v) is 6.43. The molecule has 122 valence electrons. The van der Waals surface area contributed by atoms with E-state index in [9.17, 15) is 13.2 Å². The normalized spacial score (nSPS) is 23.5. The smallest absolute Gasteiger partial charge is 0.282 e. The van der Waals surface area contributed by atoms with Gasteiger partial charge in [0, 0.05) is 19.1 Å². The Hall–Kier alpha value is -0.700. The largest absolute Gasteiger partial charge is 0.369 e. The molecule has 2 rings (SSSR count). The number of nitrogens with one attached hydrogen (secondary N) is 1. The Morgan fingerprint density at radius 3 is 2.33 bits per heavy atom. The maximum atomic E-state index is 12.9. The number of amides is 1. The molecule has 2 aliphatic heterocycles. The molecular formula is C13H26N4O3S. The zero-order chi connectivity index (χ0) is 15.5. The average molecular weight is 318 g/mol. The summed E-state index contributed by atoms with van der Waals surface area (Å²) in [4.78, 5) is 11.3. The van der Waals surface area contributed by atoms with E-state index in [1.807, 2.05) is 0 Å². The van der Waals surface area contributed by atoms with Crippen LogP contribution in [0.4, 0.5) is 0 Å². The van der Waals surface area contributed by atoms with Gasteiger partial charge in [0.1, 0.15) is 0 Å². The molecule has 2 heterocycles. The van der Waals surface area contributed by atoms with Gasteiger partial charge in [-0.05, 0) is 44.7 Å². The number of carbonyl (C=O) groups excluding carboxylic acids is 1. The monoisotopic (exact) mass is 318 g/mol. The molecule has 0 aromatic heterocycles. The quantitative estimate of drug-likeness (QED) is 0.714. The number of nitrogens with two attached hydrogens (primary N) is 1. The van der Waals surface area contributed by atoms with Gasteiger partial charge in [-0.3, -0.25) is 4.79 Å². The molecule has 0 saturated carbocycles. The first-order valence-corrected chi connectivity index (χ1v) is 9.07. The number of primary amides is 1. The summed E-state index contributed by atoms with van der Waals surface area (Å²) < 4.78 is 28.5. The van der Waals surface area contributed by atoms with Crippen LogP contribution in [-0.2, 0) is 15.0 Å². The summed E-state index contributed by atoms with van der Waals surface area (Å²) in [5, 5.41) is 3.21. The Morgan fingerprint density at radius 1 is 1.24 bits per heavy atom. The first kappa shape index (κ1) is 16.7. The van der Waals surface area contributed by atoms with Crippen molar-refractivity contribution in [1.82, 2.24) is 13.9 Å². The van der Waals surface area contributed by atoms with Crippen molar-refractivity contribution in [3.05, 3.63) is 0 Å². The molecule has 0 bridgehead atoms. The van der Waals surface area contributed by atoms with Gasteiger partial charge in [-0.1, -0.05) is 6.92 Å². The van der Waals surface area contributed by atoms with E-state index in [1.54, 1.807) is 0 Å². The van der Waals surface area contributed by atoms with Gasteiger partial charge < -0.3 is 11.1 Å². The SMILES string of the molecule is CC1CCN(S(=O)(=O)N(CC(N)=O)C2CCNCC2)CC1. The van der Waals surface area contributed by atoms with Crippen LogP contribution in [0.1, 0.15) is 32.6 Å². The van der Waals surface area contributed by atoms with Crippen LogP contribution in [0.3, 0.4) is 0 Å². The van der Waals surface area contributed by atoms with Crippen LogP contribution in [0, 0.1) is 5.92 Å². The molecule has 21 heavy (non-hydrogen) atoms. The third kappa shape index (κ3) is 4.15.